The second-order valence-corrected chi connectivity index (χ2v) is 0.798. The van der Waals surface area contributed by atoms with Crippen molar-refractivity contribution >= 4 is 0 Å². The average Bonchev–Trinajstić information content (AvgIpc) is 1.75. The third-order valence-electron chi connectivity index (χ3n) is 0.325. The van der Waals surface area contributed by atoms with Crippen LogP contribution in [-0.2, 0) is 98.1 Å². The van der Waals surface area contributed by atoms with Crippen LogP contribution in [0, 0.1) is 20.0 Å². The third kappa shape index (κ3) is 42.9. The molecule has 0 N–H and O–H groups in total. The zero-order valence-corrected chi connectivity index (χ0v) is 15.2. The van der Waals surface area contributed by atoms with Gasteiger partial charge in [-0.1, -0.05) is 0 Å². The SMILES string of the molecule is C[CH-]C[CH-]F.[CH2-]C.[Y].[Y].[Y]. The molecule has 3 radical (unpaired) electrons. The Morgan fingerprint density at radius 1 is 1.20 bits per heavy atom. The summed E-state index contributed by atoms with van der Waals surface area (Å²) in [4.78, 5) is 0. The van der Waals surface area contributed by atoms with E-state index < -0.39 is 0 Å². The van der Waals surface area contributed by atoms with Crippen molar-refractivity contribution in [2.75, 3.05) is 0 Å². The summed E-state index contributed by atoms with van der Waals surface area (Å²) in [6, 6.07) is 0. The van der Waals surface area contributed by atoms with Gasteiger partial charge in [0.05, 0.1) is 0 Å². The van der Waals surface area contributed by atoms with E-state index in [1.165, 1.54) is 0 Å². The Labute approximate surface area is 140 Å². The molecule has 0 aliphatic heterocycles. The van der Waals surface area contributed by atoms with Crippen LogP contribution in [0.1, 0.15) is 20.3 Å². The van der Waals surface area contributed by atoms with Crippen molar-refractivity contribution in [3.63, 3.8) is 0 Å². The van der Waals surface area contributed by atoms with Crippen LogP contribution >= 0.6 is 0 Å². The first-order valence-electron chi connectivity index (χ1n) is 2.32. The maximum Gasteiger partial charge on any atom is 0 e. The van der Waals surface area contributed by atoms with Crippen LogP contribution in [0.15, 0.2) is 0 Å². The molecule has 0 aliphatic rings. The van der Waals surface area contributed by atoms with Gasteiger partial charge in [-0.05, 0) is 0 Å². The van der Waals surface area contributed by atoms with Gasteiger partial charge in [-0.3, -0.25) is 6.42 Å². The largest absolute Gasteiger partial charge is 0.462 e. The fourth-order valence-electron chi connectivity index (χ4n) is 0.0891. The molecule has 0 rings (SSSR count). The van der Waals surface area contributed by atoms with Crippen LogP contribution in [0.5, 0.6) is 0 Å². The van der Waals surface area contributed by atoms with Gasteiger partial charge in [0.25, 0.3) is 0 Å². The van der Waals surface area contributed by atoms with E-state index in [2.05, 4.69) is 6.92 Å². The quantitative estimate of drug-likeness (QED) is 0.656. The van der Waals surface area contributed by atoms with Gasteiger partial charge in [-0.25, -0.2) is 0 Å². The van der Waals surface area contributed by atoms with E-state index in [-0.39, 0.29) is 98.1 Å². The molecule has 0 saturated heterocycles. The maximum absolute atomic E-state index is 10.8. The van der Waals surface area contributed by atoms with Gasteiger partial charge < -0.3 is 17.7 Å². The molecule has 0 spiro atoms. The van der Waals surface area contributed by atoms with E-state index in [4.69, 9.17) is 0 Å². The van der Waals surface area contributed by atoms with Gasteiger partial charge in [-0.15, -0.1) is 0 Å². The Kier molecular flexibility index (Phi) is 116. The summed E-state index contributed by atoms with van der Waals surface area (Å²) in [5.74, 6) is 0. The van der Waals surface area contributed by atoms with Crippen LogP contribution in [0.3, 0.4) is 0 Å². The minimum absolute atomic E-state index is 0. The van der Waals surface area contributed by atoms with Gasteiger partial charge in [0, 0.05) is 98.1 Å². The first kappa shape index (κ1) is 29.2. The topological polar surface area (TPSA) is 0 Å². The van der Waals surface area contributed by atoms with Gasteiger partial charge in [0.2, 0.25) is 0 Å². The fraction of sp³-hybridized carbons (Fsp3) is 0.500. The molecule has 0 unspecified atom stereocenters. The van der Waals surface area contributed by atoms with Crippen LogP contribution in [0.25, 0.3) is 0 Å². The molecule has 0 bridgehead atoms. The minimum Gasteiger partial charge on any atom is -0.462 e. The van der Waals surface area contributed by atoms with Crippen LogP contribution in [0.4, 0.5) is 4.39 Å². The van der Waals surface area contributed by atoms with Crippen molar-refractivity contribution in [2.45, 2.75) is 20.3 Å². The van der Waals surface area contributed by atoms with E-state index in [0.717, 1.165) is 0 Å². The standard InChI is InChI=1S/C4H7F.C2H5.3Y/c1-2-3-4-5;1-2;;;/h2,4H,3H2,1H3;1H2,2H3;;;/q-2;-1;;;. The fourth-order valence-corrected chi connectivity index (χ4v) is 0.0891. The molecule has 0 heterocycles. The minimum atomic E-state index is 0. The third-order valence-corrected chi connectivity index (χ3v) is 0.325. The van der Waals surface area contributed by atoms with E-state index in [9.17, 15) is 4.39 Å². The van der Waals surface area contributed by atoms with E-state index in [1.807, 2.05) is 6.92 Å². The van der Waals surface area contributed by atoms with Crippen molar-refractivity contribution in [3.8, 4) is 0 Å². The van der Waals surface area contributed by atoms with E-state index in [0.29, 0.717) is 13.1 Å². The molecular formula is C6H12FY3-3. The number of unbranched alkanes of at least 4 members (excludes halogenated alkanes) is 1. The molecule has 0 amide bonds. The molecule has 0 aliphatic carbocycles. The maximum atomic E-state index is 10.8. The molecule has 4 heteroatoms. The zero-order chi connectivity index (χ0) is 6.12. The zero-order valence-electron chi connectivity index (χ0n) is 6.68. The predicted octanol–water partition coefficient (Wildman–Crippen LogP) is 2.56. The van der Waals surface area contributed by atoms with Crippen molar-refractivity contribution in [2.24, 2.45) is 0 Å². The summed E-state index contributed by atoms with van der Waals surface area (Å²) < 4.78 is 10.8. The van der Waals surface area contributed by atoms with Gasteiger partial charge in [0.1, 0.15) is 0 Å². The Morgan fingerprint density at radius 2 is 1.50 bits per heavy atom. The molecule has 0 fully saturated rings. The first-order chi connectivity index (χ1) is 3.41. The smallest absolute Gasteiger partial charge is 0 e. The summed E-state index contributed by atoms with van der Waals surface area (Å²) >= 11 is 0. The Bertz CT molecular complexity index is 20.5. The van der Waals surface area contributed by atoms with Crippen LogP contribution < -0.4 is 0 Å². The number of rotatable bonds is 2. The normalized spacial score (nSPS) is 4.80. The number of halogens is 1. The first-order valence-corrected chi connectivity index (χ1v) is 2.32. The molecule has 0 atom stereocenters. The molecule has 55 valence electrons. The number of hydrogen-bond acceptors (Lipinski definition) is 0. The summed E-state index contributed by atoms with van der Waals surface area (Å²) in [6.45, 7) is 7.44. The number of hydrogen-bond donors (Lipinski definition) is 0. The molecule has 0 aromatic rings. The molecule has 0 nitrogen and oxygen atoms in total. The molecule has 0 aromatic heterocycles. The van der Waals surface area contributed by atoms with Crippen molar-refractivity contribution in [1.29, 1.82) is 0 Å². The Balaban J connectivity index is -0.0000000154. The van der Waals surface area contributed by atoms with Gasteiger partial charge >= 0.3 is 0 Å². The Hall–Kier alpha value is 3.24. The summed E-state index contributed by atoms with van der Waals surface area (Å²) in [5, 5.41) is 0. The van der Waals surface area contributed by atoms with Crippen molar-refractivity contribution < 1.29 is 103 Å². The summed E-state index contributed by atoms with van der Waals surface area (Å²) in [5.41, 5.74) is 0. The molecule has 0 saturated carbocycles. The van der Waals surface area contributed by atoms with E-state index in [1.54, 1.807) is 13.3 Å². The van der Waals surface area contributed by atoms with Crippen LogP contribution in [-0.4, -0.2) is 0 Å². The summed E-state index contributed by atoms with van der Waals surface area (Å²) in [6.07, 6.45) is 2.22. The Morgan fingerprint density at radius 3 is 1.50 bits per heavy atom. The van der Waals surface area contributed by atoms with Gasteiger partial charge in [0.15, 0.2) is 0 Å². The van der Waals surface area contributed by atoms with Crippen LogP contribution in [0.2, 0.25) is 0 Å². The molecule has 0 aromatic carbocycles. The molecular weight excluding hydrogens is 358 g/mol. The second kappa shape index (κ2) is 39.7. The second-order valence-electron chi connectivity index (χ2n) is 0.798. The summed E-state index contributed by atoms with van der Waals surface area (Å²) in [7, 11) is 0. The van der Waals surface area contributed by atoms with Gasteiger partial charge in [-0.2, -0.15) is 20.5 Å². The predicted molar refractivity (Wildman–Crippen MR) is 31.0 cm³/mol. The average molecular weight is 370 g/mol. The monoisotopic (exact) mass is 370 g/mol. The molecule has 10 heavy (non-hydrogen) atoms. The van der Waals surface area contributed by atoms with Crippen molar-refractivity contribution in [1.82, 2.24) is 0 Å². The van der Waals surface area contributed by atoms with Crippen molar-refractivity contribution in [3.05, 3.63) is 20.0 Å². The van der Waals surface area contributed by atoms with E-state index >= 15 is 0 Å².